The summed E-state index contributed by atoms with van der Waals surface area (Å²) >= 11 is 1.55. The van der Waals surface area contributed by atoms with Crippen LogP contribution in [-0.4, -0.2) is 25.6 Å². The normalized spacial score (nSPS) is 6.50. The van der Waals surface area contributed by atoms with Gasteiger partial charge in [-0.15, -0.1) is 0 Å². The van der Waals surface area contributed by atoms with E-state index in [0.29, 0.717) is 0 Å². The van der Waals surface area contributed by atoms with Gasteiger partial charge in [0.1, 0.15) is 0 Å². The molecule has 22 valence electrons. The first kappa shape index (κ1) is 4.67. The van der Waals surface area contributed by atoms with Gasteiger partial charge in [-0.25, -0.2) is 0 Å². The zero-order valence-corrected chi connectivity index (χ0v) is 5.85. The molecule has 0 unspecified atom stereocenters. The van der Waals surface area contributed by atoms with Crippen molar-refractivity contribution in [2.75, 3.05) is 0 Å². The first-order valence-corrected chi connectivity index (χ1v) is 2.68. The third-order valence-corrected chi connectivity index (χ3v) is 0. The molecule has 0 aromatic carbocycles. The van der Waals surface area contributed by atoms with Crippen molar-refractivity contribution in [2.45, 2.75) is 13.8 Å². The molecule has 0 amide bonds. The van der Waals surface area contributed by atoms with Gasteiger partial charge >= 0.3 is 39.4 Å². The summed E-state index contributed by atoms with van der Waals surface area (Å²) in [5, 5.41) is 0. The molecule has 0 aromatic rings. The minimum atomic E-state index is 1.51. The summed E-state index contributed by atoms with van der Waals surface area (Å²) in [4.78, 5) is 0. The Morgan fingerprint density at radius 1 is 1.50 bits per heavy atom. The molecule has 0 bridgehead atoms. The van der Waals surface area contributed by atoms with Gasteiger partial charge in [-0.1, -0.05) is 0 Å². The fraction of sp³-hybridized carbons (Fsp3) is 0.667. The van der Waals surface area contributed by atoms with Crippen LogP contribution in [0.15, 0.2) is 0 Å². The second-order valence-electron chi connectivity index (χ2n) is 1.00. The van der Waals surface area contributed by atoms with Gasteiger partial charge in [-0.05, 0) is 0 Å². The summed E-state index contributed by atoms with van der Waals surface area (Å²) in [6.45, 7) is 4.25. The van der Waals surface area contributed by atoms with Gasteiger partial charge in [-0.3, -0.25) is 0 Å². The van der Waals surface area contributed by atoms with Crippen molar-refractivity contribution >= 4 is 25.6 Å². The monoisotopic (exact) mass is 162 g/mol. The molecule has 0 nitrogen and oxygen atoms in total. The van der Waals surface area contributed by atoms with Crippen LogP contribution in [0.2, 0.25) is 0 Å². The maximum atomic E-state index is 2.12. The summed E-state index contributed by atoms with van der Waals surface area (Å²) in [6.07, 6.45) is 0. The van der Waals surface area contributed by atoms with E-state index in [0.717, 1.165) is 0 Å². The SMILES string of the molecule is C[C](C)=[Sn]. The van der Waals surface area contributed by atoms with Crippen LogP contribution in [0.5, 0.6) is 0 Å². The van der Waals surface area contributed by atoms with E-state index < -0.39 is 0 Å². The van der Waals surface area contributed by atoms with Crippen LogP contribution in [0.3, 0.4) is 0 Å². The average molecular weight is 161 g/mol. The Morgan fingerprint density at radius 2 is 1.50 bits per heavy atom. The van der Waals surface area contributed by atoms with Gasteiger partial charge in [0.15, 0.2) is 0 Å². The second-order valence-corrected chi connectivity index (χ2v) is 3.85. The topological polar surface area (TPSA) is 0 Å². The van der Waals surface area contributed by atoms with Crippen molar-refractivity contribution in [3.05, 3.63) is 0 Å². The van der Waals surface area contributed by atoms with Crippen LogP contribution in [0.25, 0.3) is 0 Å². The molecule has 0 aromatic heterocycles. The van der Waals surface area contributed by atoms with E-state index in [9.17, 15) is 0 Å². The van der Waals surface area contributed by atoms with E-state index in [1.165, 1.54) is 3.52 Å². The van der Waals surface area contributed by atoms with Crippen LogP contribution in [0, 0.1) is 0 Å². The Balaban J connectivity index is 2.80. The standard InChI is InChI=1S/C3H6.Sn/c1-3-2;/h1-2H3;. The average Bonchev–Trinajstić information content (AvgIpc) is 0.811. The fourth-order valence-electron chi connectivity index (χ4n) is 0. The molecule has 1 heteroatoms. The molecule has 0 spiro atoms. The second kappa shape index (κ2) is 1.94. The summed E-state index contributed by atoms with van der Waals surface area (Å²) in [5.41, 5.74) is 0. The van der Waals surface area contributed by atoms with Gasteiger partial charge in [-0.2, -0.15) is 0 Å². The van der Waals surface area contributed by atoms with E-state index >= 15 is 0 Å². The van der Waals surface area contributed by atoms with Gasteiger partial charge in [0, 0.05) is 0 Å². The van der Waals surface area contributed by atoms with Gasteiger partial charge < -0.3 is 0 Å². The Bertz CT molecular complexity index is 26.3. The minimum absolute atomic E-state index is 1.51. The molecule has 4 heavy (non-hydrogen) atoms. The number of hydrogen-bond acceptors (Lipinski definition) is 0. The first-order chi connectivity index (χ1) is 1.73. The zero-order valence-electron chi connectivity index (χ0n) is 3.00. The van der Waals surface area contributed by atoms with Crippen LogP contribution >= 0.6 is 0 Å². The van der Waals surface area contributed by atoms with Gasteiger partial charge in [0.05, 0.1) is 0 Å². The predicted octanol–water partition coefficient (Wildman–Crippen LogP) is 0.367. The Morgan fingerprint density at radius 3 is 1.50 bits per heavy atom. The van der Waals surface area contributed by atoms with E-state index in [1.54, 1.807) is 22.1 Å². The third-order valence-electron chi connectivity index (χ3n) is 0. The van der Waals surface area contributed by atoms with Crippen LogP contribution in [0.1, 0.15) is 13.8 Å². The van der Waals surface area contributed by atoms with E-state index in [2.05, 4.69) is 13.8 Å². The van der Waals surface area contributed by atoms with Crippen molar-refractivity contribution in [3.63, 3.8) is 0 Å². The first-order valence-electron chi connectivity index (χ1n) is 1.25. The Hall–Kier alpha value is 0.669. The number of hydrogen-bond donors (Lipinski definition) is 0. The molecule has 0 saturated carbocycles. The molecule has 0 heterocycles. The summed E-state index contributed by atoms with van der Waals surface area (Å²) < 4.78 is 1.51. The van der Waals surface area contributed by atoms with Crippen molar-refractivity contribution in [1.82, 2.24) is 0 Å². The molecular weight excluding hydrogens is 155 g/mol. The molecule has 0 atom stereocenters. The van der Waals surface area contributed by atoms with Gasteiger partial charge in [0.2, 0.25) is 0 Å². The van der Waals surface area contributed by atoms with Crippen molar-refractivity contribution in [2.24, 2.45) is 0 Å². The van der Waals surface area contributed by atoms with Crippen molar-refractivity contribution in [3.8, 4) is 0 Å². The van der Waals surface area contributed by atoms with Crippen LogP contribution < -0.4 is 0 Å². The number of rotatable bonds is 0. The van der Waals surface area contributed by atoms with Crippen molar-refractivity contribution < 1.29 is 0 Å². The molecule has 0 N–H and O–H groups in total. The molecule has 0 fully saturated rings. The Labute approximate surface area is 39.8 Å². The molecule has 0 rings (SSSR count). The molecule has 0 saturated heterocycles. The van der Waals surface area contributed by atoms with Crippen molar-refractivity contribution in [1.29, 1.82) is 0 Å². The zero-order chi connectivity index (χ0) is 3.58. The predicted molar refractivity (Wildman–Crippen MR) is 22.1 cm³/mol. The molecule has 0 aliphatic carbocycles. The van der Waals surface area contributed by atoms with E-state index in [-0.39, 0.29) is 0 Å². The van der Waals surface area contributed by atoms with Gasteiger partial charge in [0.25, 0.3) is 0 Å². The van der Waals surface area contributed by atoms with E-state index in [1.807, 2.05) is 0 Å². The summed E-state index contributed by atoms with van der Waals surface area (Å²) in [7, 11) is 0. The quantitative estimate of drug-likeness (QED) is 0.450. The fourth-order valence-corrected chi connectivity index (χ4v) is 0. The molecule has 0 aliphatic heterocycles. The van der Waals surface area contributed by atoms with Crippen LogP contribution in [-0.2, 0) is 0 Å². The molecular formula is C3H6Sn. The Kier molecular flexibility index (Phi) is 2.27. The maximum absolute atomic E-state index is 2.12. The summed E-state index contributed by atoms with van der Waals surface area (Å²) in [6, 6.07) is 0. The molecule has 0 aliphatic rings. The summed E-state index contributed by atoms with van der Waals surface area (Å²) in [5.74, 6) is 0. The van der Waals surface area contributed by atoms with E-state index in [4.69, 9.17) is 0 Å². The molecule has 2 radical (unpaired) electrons. The van der Waals surface area contributed by atoms with Crippen LogP contribution in [0.4, 0.5) is 0 Å². The third kappa shape index (κ3) is 16.6.